The lowest BCUT2D eigenvalue weighted by Crippen LogP contribution is -2.19. The van der Waals surface area contributed by atoms with E-state index in [0.29, 0.717) is 6.10 Å². The molecule has 3 heterocycles. The zero-order valence-electron chi connectivity index (χ0n) is 16.0. The number of H-pyrrole nitrogens is 1. The van der Waals surface area contributed by atoms with Gasteiger partial charge in [-0.2, -0.15) is 0 Å². The summed E-state index contributed by atoms with van der Waals surface area (Å²) in [6.07, 6.45) is 13.6. The van der Waals surface area contributed by atoms with Crippen LogP contribution in [0.25, 0.3) is 22.4 Å². The van der Waals surface area contributed by atoms with Gasteiger partial charge in [0.15, 0.2) is 0 Å². The fraction of sp³-hybridized carbons (Fsp3) is 0.261. The average molecular weight is 403 g/mol. The number of nitrogens with zero attached hydrogens (tertiary/aromatic N) is 3. The van der Waals surface area contributed by atoms with Crippen molar-refractivity contribution in [3.05, 3.63) is 61.2 Å². The molecule has 6 heteroatoms. The van der Waals surface area contributed by atoms with Gasteiger partial charge in [0.05, 0.1) is 22.0 Å². The number of pyridine rings is 2. The molecule has 146 valence electrons. The maximum absolute atomic E-state index is 6.49. The Bertz CT molecular complexity index is 1090. The quantitative estimate of drug-likeness (QED) is 0.451. The molecular formula is C23H22N4OS. The van der Waals surface area contributed by atoms with E-state index in [9.17, 15) is 0 Å². The minimum Gasteiger partial charge on any atom is -0.489 e. The Kier molecular flexibility index (Phi) is 5.17. The van der Waals surface area contributed by atoms with Crippen molar-refractivity contribution in [2.75, 3.05) is 0 Å². The van der Waals surface area contributed by atoms with Crippen molar-refractivity contribution < 1.29 is 4.74 Å². The lowest BCUT2D eigenvalue weighted by atomic mass is 9.98. The van der Waals surface area contributed by atoms with Crippen molar-refractivity contribution >= 4 is 22.8 Å². The highest BCUT2D eigenvalue weighted by atomic mass is 32.2. The number of aromatic amines is 1. The summed E-state index contributed by atoms with van der Waals surface area (Å²) in [7, 11) is 0. The molecule has 29 heavy (non-hydrogen) atoms. The van der Waals surface area contributed by atoms with Crippen LogP contribution in [0.1, 0.15) is 32.1 Å². The minimum atomic E-state index is 0.292. The van der Waals surface area contributed by atoms with Crippen LogP contribution in [-0.2, 0) is 0 Å². The number of imidazole rings is 1. The van der Waals surface area contributed by atoms with Crippen LogP contribution < -0.4 is 4.74 Å². The molecule has 0 unspecified atom stereocenters. The van der Waals surface area contributed by atoms with Crippen LogP contribution in [0.4, 0.5) is 0 Å². The number of fused-ring (bicyclic) bond motifs is 1. The van der Waals surface area contributed by atoms with Gasteiger partial charge in [0.25, 0.3) is 0 Å². The SMILES string of the molecule is c1cc(Sc2cc3nc(-c4ccncc4)[nH]c3cc2OC2CCCCC2)ccn1. The molecule has 0 saturated heterocycles. The number of benzene rings is 1. The van der Waals surface area contributed by atoms with Crippen molar-refractivity contribution in [3.63, 3.8) is 0 Å². The van der Waals surface area contributed by atoms with E-state index in [2.05, 4.69) is 27.1 Å². The molecule has 5 nitrogen and oxygen atoms in total. The Labute approximate surface area is 174 Å². The highest BCUT2D eigenvalue weighted by Crippen LogP contribution is 2.39. The van der Waals surface area contributed by atoms with Gasteiger partial charge >= 0.3 is 0 Å². The Balaban J connectivity index is 1.54. The first kappa shape index (κ1) is 18.2. The normalized spacial score (nSPS) is 14.9. The number of aromatic nitrogens is 4. The second-order valence-electron chi connectivity index (χ2n) is 7.30. The van der Waals surface area contributed by atoms with E-state index in [1.807, 2.05) is 36.7 Å². The number of hydrogen-bond acceptors (Lipinski definition) is 5. The molecule has 0 spiro atoms. The summed E-state index contributed by atoms with van der Waals surface area (Å²) in [5, 5.41) is 0. The predicted molar refractivity (Wildman–Crippen MR) is 115 cm³/mol. The van der Waals surface area contributed by atoms with Gasteiger partial charge in [-0.3, -0.25) is 9.97 Å². The summed E-state index contributed by atoms with van der Waals surface area (Å²) < 4.78 is 6.49. The molecule has 0 aliphatic heterocycles. The topological polar surface area (TPSA) is 63.7 Å². The summed E-state index contributed by atoms with van der Waals surface area (Å²) in [6.45, 7) is 0. The molecule has 1 aliphatic carbocycles. The molecule has 3 aromatic heterocycles. The van der Waals surface area contributed by atoms with E-state index in [0.717, 1.165) is 50.8 Å². The van der Waals surface area contributed by atoms with Crippen LogP contribution in [0.2, 0.25) is 0 Å². The van der Waals surface area contributed by atoms with Gasteiger partial charge in [0.2, 0.25) is 0 Å². The zero-order valence-corrected chi connectivity index (χ0v) is 16.9. The molecule has 1 fully saturated rings. The monoisotopic (exact) mass is 402 g/mol. The van der Waals surface area contributed by atoms with Crippen molar-refractivity contribution in [3.8, 4) is 17.1 Å². The van der Waals surface area contributed by atoms with E-state index < -0.39 is 0 Å². The summed E-state index contributed by atoms with van der Waals surface area (Å²) in [5.41, 5.74) is 2.94. The first-order valence-electron chi connectivity index (χ1n) is 10.0. The standard InChI is InChI=1S/C23H22N4OS/c1-2-4-17(5-3-1)28-21-14-19-20(15-22(21)29-18-8-12-25-13-9-18)27-23(26-19)16-6-10-24-11-7-16/h6-15,17H,1-5H2,(H,26,27). The smallest absolute Gasteiger partial charge is 0.138 e. The number of nitrogens with one attached hydrogen (secondary N) is 1. The molecule has 4 aromatic rings. The van der Waals surface area contributed by atoms with E-state index in [1.54, 1.807) is 24.2 Å². The molecule has 1 aromatic carbocycles. The van der Waals surface area contributed by atoms with Crippen LogP contribution in [0.15, 0.2) is 71.0 Å². The van der Waals surface area contributed by atoms with E-state index >= 15 is 0 Å². The van der Waals surface area contributed by atoms with E-state index in [1.165, 1.54) is 19.3 Å². The molecule has 0 amide bonds. The zero-order chi connectivity index (χ0) is 19.5. The average Bonchev–Trinajstić information content (AvgIpc) is 3.19. The van der Waals surface area contributed by atoms with E-state index in [4.69, 9.17) is 9.72 Å². The molecule has 0 atom stereocenters. The van der Waals surface area contributed by atoms with Gasteiger partial charge in [0.1, 0.15) is 11.6 Å². The van der Waals surface area contributed by atoms with Crippen LogP contribution in [0, 0.1) is 0 Å². The summed E-state index contributed by atoms with van der Waals surface area (Å²) >= 11 is 1.69. The van der Waals surface area contributed by atoms with Crippen LogP contribution >= 0.6 is 11.8 Å². The second kappa shape index (κ2) is 8.25. The summed E-state index contributed by atoms with van der Waals surface area (Å²) in [4.78, 5) is 18.7. The Morgan fingerprint density at radius 3 is 2.38 bits per heavy atom. The molecule has 1 N–H and O–H groups in total. The molecular weight excluding hydrogens is 380 g/mol. The molecule has 0 radical (unpaired) electrons. The van der Waals surface area contributed by atoms with Gasteiger partial charge < -0.3 is 9.72 Å². The third kappa shape index (κ3) is 4.12. The second-order valence-corrected chi connectivity index (χ2v) is 8.42. The lowest BCUT2D eigenvalue weighted by molar-refractivity contribution is 0.151. The van der Waals surface area contributed by atoms with Crippen LogP contribution in [0.3, 0.4) is 0 Å². The van der Waals surface area contributed by atoms with Gasteiger partial charge in [0, 0.05) is 41.3 Å². The van der Waals surface area contributed by atoms with Crippen molar-refractivity contribution in [2.24, 2.45) is 0 Å². The third-order valence-corrected chi connectivity index (χ3v) is 6.27. The molecule has 1 saturated carbocycles. The van der Waals surface area contributed by atoms with Crippen LogP contribution in [0.5, 0.6) is 5.75 Å². The Morgan fingerprint density at radius 1 is 0.897 bits per heavy atom. The van der Waals surface area contributed by atoms with E-state index in [-0.39, 0.29) is 0 Å². The summed E-state index contributed by atoms with van der Waals surface area (Å²) in [5.74, 6) is 1.77. The summed E-state index contributed by atoms with van der Waals surface area (Å²) in [6, 6.07) is 12.2. The Morgan fingerprint density at radius 2 is 1.62 bits per heavy atom. The Hall–Kier alpha value is -2.86. The van der Waals surface area contributed by atoms with Gasteiger partial charge in [-0.05, 0) is 56.0 Å². The highest BCUT2D eigenvalue weighted by molar-refractivity contribution is 7.99. The van der Waals surface area contributed by atoms with Crippen LogP contribution in [-0.4, -0.2) is 26.0 Å². The van der Waals surface area contributed by atoms with Crippen molar-refractivity contribution in [1.82, 2.24) is 19.9 Å². The lowest BCUT2D eigenvalue weighted by Gasteiger charge is -2.24. The number of hydrogen-bond donors (Lipinski definition) is 1. The largest absolute Gasteiger partial charge is 0.489 e. The first-order chi connectivity index (χ1) is 14.3. The van der Waals surface area contributed by atoms with Gasteiger partial charge in [-0.1, -0.05) is 18.2 Å². The molecule has 5 rings (SSSR count). The fourth-order valence-corrected chi connectivity index (χ4v) is 4.62. The fourth-order valence-electron chi connectivity index (χ4n) is 3.73. The number of rotatable bonds is 5. The van der Waals surface area contributed by atoms with Crippen molar-refractivity contribution in [1.29, 1.82) is 0 Å². The highest BCUT2D eigenvalue weighted by Gasteiger charge is 2.19. The maximum Gasteiger partial charge on any atom is 0.138 e. The number of ether oxygens (including phenoxy) is 1. The van der Waals surface area contributed by atoms with Gasteiger partial charge in [-0.15, -0.1) is 0 Å². The third-order valence-electron chi connectivity index (χ3n) is 5.22. The van der Waals surface area contributed by atoms with Gasteiger partial charge in [-0.25, -0.2) is 4.98 Å². The first-order valence-corrected chi connectivity index (χ1v) is 10.9. The molecule has 0 bridgehead atoms. The minimum absolute atomic E-state index is 0.292. The predicted octanol–water partition coefficient (Wildman–Crippen LogP) is 5.88. The maximum atomic E-state index is 6.49. The van der Waals surface area contributed by atoms with Crippen molar-refractivity contribution in [2.45, 2.75) is 48.0 Å². The molecule has 1 aliphatic rings.